The molecule has 0 aliphatic heterocycles. The Labute approximate surface area is 85.5 Å². The summed E-state index contributed by atoms with van der Waals surface area (Å²) in [6.45, 7) is 2.83. The van der Waals surface area contributed by atoms with E-state index in [1.54, 1.807) is 4.90 Å². The van der Waals surface area contributed by atoms with E-state index < -0.39 is 6.17 Å². The summed E-state index contributed by atoms with van der Waals surface area (Å²) < 4.78 is 13.1. The van der Waals surface area contributed by atoms with E-state index in [2.05, 4.69) is 0 Å². The first-order chi connectivity index (χ1) is 6.65. The summed E-state index contributed by atoms with van der Waals surface area (Å²) in [6, 6.07) is 0. The fourth-order valence-electron chi connectivity index (χ4n) is 2.11. The minimum atomic E-state index is -0.757. The Morgan fingerprint density at radius 3 is 2.79 bits per heavy atom. The lowest BCUT2D eigenvalue weighted by Crippen LogP contribution is -2.36. The molecule has 14 heavy (non-hydrogen) atoms. The third-order valence-electron chi connectivity index (χ3n) is 2.89. The average molecular weight is 201 g/mol. The maximum Gasteiger partial charge on any atom is 0.225 e. The van der Waals surface area contributed by atoms with Gasteiger partial charge in [-0.2, -0.15) is 0 Å². The zero-order valence-electron chi connectivity index (χ0n) is 9.13. The van der Waals surface area contributed by atoms with Crippen LogP contribution in [-0.4, -0.2) is 30.6 Å². The van der Waals surface area contributed by atoms with Crippen molar-refractivity contribution in [1.29, 1.82) is 0 Å². The van der Waals surface area contributed by atoms with Crippen LogP contribution in [0.4, 0.5) is 4.39 Å². The fraction of sp³-hybridized carbons (Fsp3) is 0.909. The number of halogens is 1. The summed E-state index contributed by atoms with van der Waals surface area (Å²) >= 11 is 0. The predicted octanol–water partition coefficient (Wildman–Crippen LogP) is 2.38. The number of carbonyl (C=O) groups is 1. The molecule has 1 rings (SSSR count). The molecule has 0 bridgehead atoms. The molecular weight excluding hydrogens is 181 g/mol. The number of alkyl halides is 1. The average Bonchev–Trinajstić information content (AvgIpc) is 2.17. The van der Waals surface area contributed by atoms with E-state index in [1.165, 1.54) is 0 Å². The van der Waals surface area contributed by atoms with E-state index in [-0.39, 0.29) is 11.8 Å². The third-order valence-corrected chi connectivity index (χ3v) is 2.89. The summed E-state index contributed by atoms with van der Waals surface area (Å²) in [5.41, 5.74) is 0. The van der Waals surface area contributed by atoms with Gasteiger partial charge in [-0.15, -0.1) is 0 Å². The molecule has 3 heteroatoms. The van der Waals surface area contributed by atoms with Gasteiger partial charge in [0, 0.05) is 19.5 Å². The molecule has 2 unspecified atom stereocenters. The van der Waals surface area contributed by atoms with E-state index in [1.807, 2.05) is 14.0 Å². The summed E-state index contributed by atoms with van der Waals surface area (Å²) in [4.78, 5) is 13.5. The monoisotopic (exact) mass is 201 g/mol. The Kier molecular flexibility index (Phi) is 4.36. The first-order valence-corrected chi connectivity index (χ1v) is 5.54. The third kappa shape index (κ3) is 2.96. The van der Waals surface area contributed by atoms with Gasteiger partial charge in [0.05, 0.1) is 0 Å². The minimum Gasteiger partial charge on any atom is -0.346 e. The quantitative estimate of drug-likeness (QED) is 0.686. The van der Waals surface area contributed by atoms with Crippen LogP contribution < -0.4 is 0 Å². The second-order valence-corrected chi connectivity index (χ2v) is 4.22. The zero-order chi connectivity index (χ0) is 10.6. The van der Waals surface area contributed by atoms with Crippen molar-refractivity contribution in [2.24, 2.45) is 5.92 Å². The molecule has 2 nitrogen and oxygen atoms in total. The molecule has 0 heterocycles. The van der Waals surface area contributed by atoms with E-state index >= 15 is 0 Å². The van der Waals surface area contributed by atoms with Gasteiger partial charge < -0.3 is 4.90 Å². The van der Waals surface area contributed by atoms with Gasteiger partial charge in [-0.1, -0.05) is 6.92 Å². The summed E-state index contributed by atoms with van der Waals surface area (Å²) in [5.74, 6) is 0.0736. The van der Waals surface area contributed by atoms with E-state index in [9.17, 15) is 9.18 Å². The number of rotatable bonds is 3. The van der Waals surface area contributed by atoms with Gasteiger partial charge in [0.15, 0.2) is 0 Å². The lowest BCUT2D eigenvalue weighted by atomic mass is 9.87. The first-order valence-electron chi connectivity index (χ1n) is 5.54. The van der Waals surface area contributed by atoms with Crippen molar-refractivity contribution in [3.63, 3.8) is 0 Å². The molecule has 0 radical (unpaired) electrons. The highest BCUT2D eigenvalue weighted by molar-refractivity contribution is 5.78. The summed E-state index contributed by atoms with van der Waals surface area (Å²) in [7, 11) is 1.81. The van der Waals surface area contributed by atoms with Crippen molar-refractivity contribution in [2.45, 2.75) is 45.2 Å². The Hall–Kier alpha value is -0.600. The van der Waals surface area contributed by atoms with Crippen LogP contribution in [0.5, 0.6) is 0 Å². The summed E-state index contributed by atoms with van der Waals surface area (Å²) in [6.07, 6.45) is 3.01. The molecule has 2 atom stereocenters. The van der Waals surface area contributed by atoms with Gasteiger partial charge in [-0.3, -0.25) is 4.79 Å². The van der Waals surface area contributed by atoms with Crippen LogP contribution in [-0.2, 0) is 4.79 Å². The van der Waals surface area contributed by atoms with Crippen LogP contribution in [0.1, 0.15) is 39.0 Å². The van der Waals surface area contributed by atoms with Crippen molar-refractivity contribution in [3.05, 3.63) is 0 Å². The topological polar surface area (TPSA) is 20.3 Å². The molecule has 0 aromatic carbocycles. The maximum atomic E-state index is 13.1. The SMILES string of the molecule is CCCN(C)C(=O)C1CCCC(F)C1. The van der Waals surface area contributed by atoms with Crippen LogP contribution in [0, 0.1) is 5.92 Å². The molecule has 1 aliphatic rings. The smallest absolute Gasteiger partial charge is 0.225 e. The van der Waals surface area contributed by atoms with Crippen LogP contribution in [0.3, 0.4) is 0 Å². The molecule has 1 fully saturated rings. The largest absolute Gasteiger partial charge is 0.346 e. The van der Waals surface area contributed by atoms with Crippen LogP contribution >= 0.6 is 0 Å². The van der Waals surface area contributed by atoms with E-state index in [4.69, 9.17) is 0 Å². The van der Waals surface area contributed by atoms with Crippen LogP contribution in [0.2, 0.25) is 0 Å². The Morgan fingerprint density at radius 1 is 1.50 bits per heavy atom. The standard InChI is InChI=1S/C11H20FNO/c1-3-7-13(2)11(14)9-5-4-6-10(12)8-9/h9-10H,3-8H2,1-2H3. The molecule has 0 aromatic heterocycles. The number of hydrogen-bond acceptors (Lipinski definition) is 1. The van der Waals surface area contributed by atoms with Gasteiger partial charge in [0.1, 0.15) is 6.17 Å². The minimum absolute atomic E-state index is 0.0599. The summed E-state index contributed by atoms with van der Waals surface area (Å²) in [5, 5.41) is 0. The van der Waals surface area contributed by atoms with Gasteiger partial charge in [-0.25, -0.2) is 4.39 Å². The number of amides is 1. The Balaban J connectivity index is 2.42. The molecule has 82 valence electrons. The molecule has 0 aromatic rings. The highest BCUT2D eigenvalue weighted by Crippen LogP contribution is 2.27. The van der Waals surface area contributed by atoms with E-state index in [0.29, 0.717) is 12.8 Å². The van der Waals surface area contributed by atoms with Gasteiger partial charge in [0.25, 0.3) is 0 Å². The Bertz CT molecular complexity index is 196. The molecule has 0 saturated heterocycles. The normalized spacial score (nSPS) is 27.4. The first kappa shape index (κ1) is 11.5. The molecular formula is C11H20FNO. The van der Waals surface area contributed by atoms with Crippen molar-refractivity contribution >= 4 is 5.91 Å². The molecule has 0 N–H and O–H groups in total. The van der Waals surface area contributed by atoms with E-state index in [0.717, 1.165) is 25.8 Å². The van der Waals surface area contributed by atoms with Crippen molar-refractivity contribution in [3.8, 4) is 0 Å². The lowest BCUT2D eigenvalue weighted by molar-refractivity contribution is -0.135. The number of carbonyl (C=O) groups excluding carboxylic acids is 1. The zero-order valence-corrected chi connectivity index (χ0v) is 9.13. The Morgan fingerprint density at radius 2 is 2.21 bits per heavy atom. The number of hydrogen-bond donors (Lipinski definition) is 0. The second-order valence-electron chi connectivity index (χ2n) is 4.22. The molecule has 1 saturated carbocycles. The second kappa shape index (κ2) is 5.32. The molecule has 1 amide bonds. The van der Waals surface area contributed by atoms with Crippen molar-refractivity contribution < 1.29 is 9.18 Å². The maximum absolute atomic E-state index is 13.1. The highest BCUT2D eigenvalue weighted by Gasteiger charge is 2.28. The fourth-order valence-corrected chi connectivity index (χ4v) is 2.11. The molecule has 1 aliphatic carbocycles. The van der Waals surface area contributed by atoms with Gasteiger partial charge in [0.2, 0.25) is 5.91 Å². The highest BCUT2D eigenvalue weighted by atomic mass is 19.1. The van der Waals surface area contributed by atoms with Crippen molar-refractivity contribution in [2.75, 3.05) is 13.6 Å². The van der Waals surface area contributed by atoms with Gasteiger partial charge in [-0.05, 0) is 32.1 Å². The van der Waals surface area contributed by atoms with Crippen LogP contribution in [0.15, 0.2) is 0 Å². The van der Waals surface area contributed by atoms with Gasteiger partial charge >= 0.3 is 0 Å². The lowest BCUT2D eigenvalue weighted by Gasteiger charge is -2.27. The van der Waals surface area contributed by atoms with Crippen molar-refractivity contribution in [1.82, 2.24) is 4.90 Å². The van der Waals surface area contributed by atoms with Crippen LogP contribution in [0.25, 0.3) is 0 Å². The predicted molar refractivity (Wildman–Crippen MR) is 54.8 cm³/mol. The number of nitrogens with zero attached hydrogens (tertiary/aromatic N) is 1. The molecule has 0 spiro atoms.